The molecule has 464 valence electrons. The zero-order valence-electron chi connectivity index (χ0n) is 53.1. The van der Waals surface area contributed by atoms with Crippen molar-refractivity contribution in [2.75, 3.05) is 40.9 Å². The van der Waals surface area contributed by atoms with Gasteiger partial charge in [-0.1, -0.05) is 294 Å². The molecule has 0 rings (SSSR count). The van der Waals surface area contributed by atoms with Gasteiger partial charge >= 0.3 is 13.8 Å². The molecule has 0 aromatic heterocycles. The van der Waals surface area contributed by atoms with E-state index >= 15 is 0 Å². The quantitative estimate of drug-likeness (QED) is 0.0205. The Bertz CT molecular complexity index is 1490. The maximum atomic E-state index is 13.6. The molecule has 0 spiro atoms. The van der Waals surface area contributed by atoms with Crippen LogP contribution in [0.2, 0.25) is 0 Å². The Labute approximate surface area is 490 Å². The lowest BCUT2D eigenvalue weighted by atomic mass is 10.0. The van der Waals surface area contributed by atoms with Crippen molar-refractivity contribution in [2.45, 2.75) is 341 Å². The highest BCUT2D eigenvalue weighted by Crippen LogP contribution is 2.43. The number of esters is 1. The molecule has 0 aliphatic heterocycles. The first-order valence-electron chi connectivity index (χ1n) is 34.0. The molecular weight excluding hydrogens is 1000 g/mol. The van der Waals surface area contributed by atoms with E-state index in [1.807, 2.05) is 33.3 Å². The van der Waals surface area contributed by atoms with Crippen molar-refractivity contribution in [3.8, 4) is 0 Å². The molecule has 1 amide bonds. The molecule has 3 atom stereocenters. The number of phosphoric acid groups is 1. The van der Waals surface area contributed by atoms with Crippen molar-refractivity contribution in [1.82, 2.24) is 5.32 Å². The van der Waals surface area contributed by atoms with E-state index in [0.29, 0.717) is 17.4 Å². The molecule has 2 N–H and O–H groups in total. The molecular formula is C69H132N2O7P+. The third kappa shape index (κ3) is 60.4. The molecule has 0 aliphatic rings. The first-order valence-corrected chi connectivity index (χ1v) is 35.5. The van der Waals surface area contributed by atoms with Gasteiger partial charge in [0, 0.05) is 12.8 Å². The lowest BCUT2D eigenvalue weighted by Gasteiger charge is -2.27. The SMILES string of the molecule is CCCCC/C=C\C/C=C\C/C=C\CCCCCCCCC(=O)OC(/C=C/CCCCCCCCCCC)C(COP(=O)(O)OCC[N+](C)(C)C)NC(=O)CCCCCCCCCCCCCCCCCCCCCCCCC. The maximum Gasteiger partial charge on any atom is 0.472 e. The van der Waals surface area contributed by atoms with E-state index in [0.717, 1.165) is 83.5 Å². The molecule has 0 fully saturated rings. The summed E-state index contributed by atoms with van der Waals surface area (Å²) in [6.07, 6.45) is 74.0. The average Bonchev–Trinajstić information content (AvgIpc) is 3.41. The fourth-order valence-electron chi connectivity index (χ4n) is 10.0. The maximum absolute atomic E-state index is 13.6. The molecule has 0 heterocycles. The summed E-state index contributed by atoms with van der Waals surface area (Å²) < 4.78 is 30.8. The van der Waals surface area contributed by atoms with E-state index in [4.69, 9.17) is 13.8 Å². The zero-order valence-corrected chi connectivity index (χ0v) is 54.0. The molecule has 0 aromatic carbocycles. The molecule has 9 nitrogen and oxygen atoms in total. The van der Waals surface area contributed by atoms with Gasteiger partial charge in [0.25, 0.3) is 0 Å². The van der Waals surface area contributed by atoms with Crippen LogP contribution in [0.4, 0.5) is 0 Å². The number of phosphoric ester groups is 1. The van der Waals surface area contributed by atoms with Gasteiger partial charge in [-0.15, -0.1) is 0 Å². The second-order valence-corrected chi connectivity index (χ2v) is 25.8. The molecule has 10 heteroatoms. The third-order valence-electron chi connectivity index (χ3n) is 15.3. The van der Waals surface area contributed by atoms with Crippen molar-refractivity contribution >= 4 is 19.7 Å². The van der Waals surface area contributed by atoms with Crippen molar-refractivity contribution in [3.63, 3.8) is 0 Å². The Kier molecular flexibility index (Phi) is 57.6. The highest BCUT2D eigenvalue weighted by molar-refractivity contribution is 7.47. The van der Waals surface area contributed by atoms with E-state index in [2.05, 4.69) is 62.5 Å². The van der Waals surface area contributed by atoms with Crippen LogP contribution in [-0.2, 0) is 27.9 Å². The Balaban J connectivity index is 5.08. The summed E-state index contributed by atoms with van der Waals surface area (Å²) in [5, 5.41) is 3.07. The first-order chi connectivity index (χ1) is 38.4. The van der Waals surface area contributed by atoms with E-state index in [1.165, 1.54) is 212 Å². The monoisotopic (exact) mass is 1130 g/mol. The van der Waals surface area contributed by atoms with Crippen LogP contribution >= 0.6 is 7.82 Å². The van der Waals surface area contributed by atoms with Crippen molar-refractivity contribution in [3.05, 3.63) is 48.6 Å². The summed E-state index contributed by atoms with van der Waals surface area (Å²) in [6.45, 7) is 7.01. The van der Waals surface area contributed by atoms with Gasteiger partial charge in [0.05, 0.1) is 33.8 Å². The van der Waals surface area contributed by atoms with E-state index in [1.54, 1.807) is 0 Å². The number of unbranched alkanes of at least 4 members (excludes halogenated alkanes) is 40. The molecule has 0 bridgehead atoms. The number of ether oxygens (including phenoxy) is 1. The fraction of sp³-hybridized carbons (Fsp3) is 0.855. The first kappa shape index (κ1) is 77.0. The molecule has 0 saturated heterocycles. The summed E-state index contributed by atoms with van der Waals surface area (Å²) in [4.78, 5) is 37.8. The number of nitrogens with one attached hydrogen (secondary N) is 1. The van der Waals surface area contributed by atoms with Crippen LogP contribution in [-0.4, -0.2) is 74.3 Å². The molecule has 3 unspecified atom stereocenters. The van der Waals surface area contributed by atoms with Crippen LogP contribution in [0.3, 0.4) is 0 Å². The summed E-state index contributed by atoms with van der Waals surface area (Å²) in [5.74, 6) is -0.506. The number of likely N-dealkylation sites (N-methyl/N-ethyl adjacent to an activating group) is 1. The van der Waals surface area contributed by atoms with Crippen LogP contribution in [0.1, 0.15) is 329 Å². The van der Waals surface area contributed by atoms with Gasteiger partial charge < -0.3 is 19.4 Å². The van der Waals surface area contributed by atoms with Gasteiger partial charge in [0.1, 0.15) is 19.3 Å². The fourth-order valence-corrected chi connectivity index (χ4v) is 10.7. The van der Waals surface area contributed by atoms with E-state index in [-0.39, 0.29) is 31.5 Å². The number of quaternary nitrogens is 1. The van der Waals surface area contributed by atoms with Gasteiger partial charge in [0.15, 0.2) is 0 Å². The van der Waals surface area contributed by atoms with Gasteiger partial charge in [0.2, 0.25) is 5.91 Å². The van der Waals surface area contributed by atoms with Crippen LogP contribution in [0.5, 0.6) is 0 Å². The Hall–Kier alpha value is -2.03. The third-order valence-corrected chi connectivity index (χ3v) is 16.3. The van der Waals surface area contributed by atoms with Gasteiger partial charge in [-0.2, -0.15) is 0 Å². The Morgan fingerprint density at radius 3 is 1.18 bits per heavy atom. The van der Waals surface area contributed by atoms with Gasteiger partial charge in [-0.3, -0.25) is 18.6 Å². The highest BCUT2D eigenvalue weighted by atomic mass is 31.2. The van der Waals surface area contributed by atoms with E-state index < -0.39 is 20.0 Å². The number of amides is 1. The largest absolute Gasteiger partial charge is 0.472 e. The number of nitrogens with zero attached hydrogens (tertiary/aromatic N) is 1. The summed E-state index contributed by atoms with van der Waals surface area (Å²) in [6, 6.07) is -0.852. The minimum absolute atomic E-state index is 0.0392. The molecule has 0 saturated carbocycles. The van der Waals surface area contributed by atoms with Gasteiger partial charge in [-0.25, -0.2) is 4.57 Å². The lowest BCUT2D eigenvalue weighted by Crippen LogP contribution is -2.47. The predicted molar refractivity (Wildman–Crippen MR) is 342 cm³/mol. The highest BCUT2D eigenvalue weighted by Gasteiger charge is 2.30. The number of hydrogen-bond donors (Lipinski definition) is 2. The van der Waals surface area contributed by atoms with Crippen LogP contribution in [0.25, 0.3) is 0 Å². The number of rotatable bonds is 62. The van der Waals surface area contributed by atoms with Crippen LogP contribution in [0.15, 0.2) is 48.6 Å². The zero-order chi connectivity index (χ0) is 57.9. The standard InChI is InChI=1S/C69H131N2O7P/c1-7-10-13-16-19-22-25-27-29-31-33-34-35-36-38-39-41-43-46-49-52-55-58-61-68(72)70-66(65-77-79(74,75)76-64-63-71(4,5)6)67(60-57-54-51-48-45-24-21-18-15-12-9-3)78-69(73)62-59-56-53-50-47-44-42-40-37-32-30-28-26-23-20-17-14-11-8-2/h20,23,28,30,37,40,57,60,66-67H,7-19,21-22,24-27,29,31-36,38-39,41-56,58-59,61-65H2,1-6H3,(H-,70,72,74,75)/p+1/b23-20-,30-28-,40-37-,60-57+. The Morgan fingerprint density at radius 1 is 0.443 bits per heavy atom. The number of carbonyl (C=O) groups excluding carboxylic acids is 2. The van der Waals surface area contributed by atoms with Crippen LogP contribution in [0, 0.1) is 0 Å². The number of carbonyl (C=O) groups is 2. The van der Waals surface area contributed by atoms with Crippen LogP contribution < -0.4 is 5.32 Å². The number of allylic oxidation sites excluding steroid dienone is 7. The predicted octanol–water partition coefficient (Wildman–Crippen LogP) is 21.2. The second-order valence-electron chi connectivity index (χ2n) is 24.4. The summed E-state index contributed by atoms with van der Waals surface area (Å²) in [7, 11) is 1.50. The number of hydrogen-bond acceptors (Lipinski definition) is 6. The topological polar surface area (TPSA) is 111 Å². The normalized spacial score (nSPS) is 13.9. The van der Waals surface area contributed by atoms with Crippen molar-refractivity contribution < 1.29 is 37.3 Å². The molecule has 79 heavy (non-hydrogen) atoms. The molecule has 0 aromatic rings. The smallest absolute Gasteiger partial charge is 0.456 e. The van der Waals surface area contributed by atoms with Gasteiger partial charge in [-0.05, 0) is 70.3 Å². The van der Waals surface area contributed by atoms with E-state index in [9.17, 15) is 19.0 Å². The second kappa shape index (κ2) is 59.1. The molecule has 0 aliphatic carbocycles. The average molecular weight is 1130 g/mol. The summed E-state index contributed by atoms with van der Waals surface area (Å²) >= 11 is 0. The summed E-state index contributed by atoms with van der Waals surface area (Å²) in [5.41, 5.74) is 0. The molecule has 0 radical (unpaired) electrons. The minimum Gasteiger partial charge on any atom is -0.456 e. The Morgan fingerprint density at radius 2 is 0.772 bits per heavy atom. The van der Waals surface area contributed by atoms with Crippen molar-refractivity contribution in [2.24, 2.45) is 0 Å². The van der Waals surface area contributed by atoms with Crippen molar-refractivity contribution in [1.29, 1.82) is 0 Å². The lowest BCUT2D eigenvalue weighted by molar-refractivity contribution is -0.870. The minimum atomic E-state index is -4.45.